The van der Waals surface area contributed by atoms with E-state index < -0.39 is 5.82 Å². The van der Waals surface area contributed by atoms with Gasteiger partial charge < -0.3 is 10.2 Å². The number of carbonyl (C=O) groups is 1. The molecule has 2 aromatic heterocycles. The Balaban J connectivity index is 1.29. The summed E-state index contributed by atoms with van der Waals surface area (Å²) in [5.74, 6) is 0.256. The fraction of sp³-hybridized carbons (Fsp3) is 0.320. The predicted molar refractivity (Wildman–Crippen MR) is 125 cm³/mol. The van der Waals surface area contributed by atoms with E-state index in [4.69, 9.17) is 0 Å². The van der Waals surface area contributed by atoms with Crippen molar-refractivity contribution >= 4 is 22.8 Å². The Kier molecular flexibility index (Phi) is 5.16. The van der Waals surface area contributed by atoms with E-state index in [9.17, 15) is 13.6 Å². The van der Waals surface area contributed by atoms with Crippen molar-refractivity contribution in [2.45, 2.75) is 31.8 Å². The first kappa shape index (κ1) is 21.6. The van der Waals surface area contributed by atoms with Crippen LogP contribution in [0.4, 0.5) is 14.6 Å². The minimum Gasteiger partial charge on any atom is -0.367 e. The minimum absolute atomic E-state index is 0.0999. The van der Waals surface area contributed by atoms with E-state index in [1.165, 1.54) is 47.5 Å². The summed E-state index contributed by atoms with van der Waals surface area (Å²) >= 11 is 0. The number of carbonyl (C=O) groups excluding carboxylic acids is 1. The number of aromatic nitrogens is 5. The number of fused-ring (bicyclic) bond motifs is 3. The number of hydrogen-bond donors (Lipinski definition) is 1. The number of piperidine rings is 2. The fourth-order valence-electron chi connectivity index (χ4n) is 5.34. The quantitative estimate of drug-likeness (QED) is 0.472. The van der Waals surface area contributed by atoms with Gasteiger partial charge in [-0.25, -0.2) is 13.8 Å². The molecule has 2 saturated heterocycles. The lowest BCUT2D eigenvalue weighted by atomic mass is 9.64. The van der Waals surface area contributed by atoms with Crippen LogP contribution in [0.5, 0.6) is 0 Å². The molecule has 1 amide bonds. The van der Waals surface area contributed by atoms with Gasteiger partial charge in [-0.2, -0.15) is 15.0 Å². The van der Waals surface area contributed by atoms with Crippen molar-refractivity contribution in [3.8, 4) is 5.69 Å². The normalized spacial score (nSPS) is 23.2. The van der Waals surface area contributed by atoms with Gasteiger partial charge in [-0.15, -0.1) is 0 Å². The number of halogens is 2. The first-order valence-corrected chi connectivity index (χ1v) is 11.6. The Morgan fingerprint density at radius 2 is 1.80 bits per heavy atom. The molecule has 7 rings (SSSR count). The largest absolute Gasteiger partial charge is 0.367 e. The third-order valence-corrected chi connectivity index (χ3v) is 7.31. The topological polar surface area (TPSA) is 88.8 Å². The Morgan fingerprint density at radius 1 is 1.06 bits per heavy atom. The van der Waals surface area contributed by atoms with E-state index in [2.05, 4.69) is 32.4 Å². The maximum absolute atomic E-state index is 14.2. The van der Waals surface area contributed by atoms with E-state index in [0.29, 0.717) is 35.0 Å². The van der Waals surface area contributed by atoms with Crippen LogP contribution < -0.4 is 5.32 Å². The lowest BCUT2D eigenvalue weighted by Gasteiger charge is -2.57. The molecular weight excluding hydrogens is 452 g/mol. The average molecular weight is 476 g/mol. The summed E-state index contributed by atoms with van der Waals surface area (Å²) in [6, 6.07) is 8.35. The lowest BCUT2D eigenvalue weighted by Crippen LogP contribution is -2.64. The van der Waals surface area contributed by atoms with E-state index in [0.717, 1.165) is 12.8 Å². The summed E-state index contributed by atoms with van der Waals surface area (Å²) in [5, 5.41) is 11.6. The molecule has 0 spiro atoms. The van der Waals surface area contributed by atoms with E-state index in [1.54, 1.807) is 12.3 Å². The number of benzene rings is 2. The molecule has 0 radical (unpaired) electrons. The second-order valence-electron chi connectivity index (χ2n) is 9.27. The highest BCUT2D eigenvalue weighted by Gasteiger charge is 2.50. The van der Waals surface area contributed by atoms with Crippen LogP contribution >= 0.6 is 0 Å². The molecule has 1 aliphatic carbocycles. The first-order valence-electron chi connectivity index (χ1n) is 11.6. The van der Waals surface area contributed by atoms with Crippen LogP contribution in [-0.4, -0.2) is 54.4 Å². The fourth-order valence-corrected chi connectivity index (χ4v) is 5.34. The van der Waals surface area contributed by atoms with Gasteiger partial charge in [0.05, 0.1) is 46.9 Å². The smallest absolute Gasteiger partial charge is 0.256 e. The van der Waals surface area contributed by atoms with E-state index in [-0.39, 0.29) is 35.3 Å². The molecule has 178 valence electrons. The van der Waals surface area contributed by atoms with E-state index >= 15 is 0 Å². The zero-order chi connectivity index (χ0) is 24.1. The number of anilines is 1. The molecule has 2 bridgehead atoms. The number of nitrogens with zero attached hydrogens (tertiary/aromatic N) is 6. The SMILES string of the molecule is CC1C2CC(C2)N(C(=O)c2cc(F)ccc2-n2nccn2)C1CNc1cnc2cc(F)ccc2n1. The number of rotatable bonds is 5. The first-order chi connectivity index (χ1) is 17.0. The van der Waals surface area contributed by atoms with Gasteiger partial charge >= 0.3 is 0 Å². The summed E-state index contributed by atoms with van der Waals surface area (Å²) in [5.41, 5.74) is 1.73. The molecule has 3 aliphatic rings. The number of nitrogens with one attached hydrogen (secondary N) is 1. The molecule has 35 heavy (non-hydrogen) atoms. The van der Waals surface area contributed by atoms with Crippen LogP contribution in [0.3, 0.4) is 0 Å². The monoisotopic (exact) mass is 475 g/mol. The maximum Gasteiger partial charge on any atom is 0.256 e. The molecule has 3 fully saturated rings. The van der Waals surface area contributed by atoms with Gasteiger partial charge in [0.1, 0.15) is 17.5 Å². The van der Waals surface area contributed by atoms with Crippen molar-refractivity contribution in [2.75, 3.05) is 11.9 Å². The summed E-state index contributed by atoms with van der Waals surface area (Å²) in [7, 11) is 0. The van der Waals surface area contributed by atoms with Gasteiger partial charge in [0.15, 0.2) is 0 Å². The van der Waals surface area contributed by atoms with Gasteiger partial charge in [-0.1, -0.05) is 6.92 Å². The molecular formula is C25H23F2N7O. The highest BCUT2D eigenvalue weighted by atomic mass is 19.1. The van der Waals surface area contributed by atoms with Crippen molar-refractivity contribution in [1.82, 2.24) is 29.9 Å². The number of amides is 1. The zero-order valence-electron chi connectivity index (χ0n) is 19.0. The molecule has 2 unspecified atom stereocenters. The molecule has 10 heteroatoms. The summed E-state index contributed by atoms with van der Waals surface area (Å²) < 4.78 is 27.7. The molecule has 2 aromatic carbocycles. The molecule has 2 aliphatic heterocycles. The van der Waals surface area contributed by atoms with Gasteiger partial charge in [0.25, 0.3) is 5.91 Å². The van der Waals surface area contributed by atoms with Crippen LogP contribution in [-0.2, 0) is 0 Å². The summed E-state index contributed by atoms with van der Waals surface area (Å²) in [4.78, 5) is 25.9. The average Bonchev–Trinajstić information content (AvgIpc) is 3.36. The number of hydrogen-bond acceptors (Lipinski definition) is 6. The molecule has 8 nitrogen and oxygen atoms in total. The van der Waals surface area contributed by atoms with Crippen LogP contribution in [0.2, 0.25) is 0 Å². The lowest BCUT2D eigenvalue weighted by molar-refractivity contribution is -0.0502. The molecule has 4 heterocycles. The zero-order valence-corrected chi connectivity index (χ0v) is 19.0. The third kappa shape index (κ3) is 3.78. The summed E-state index contributed by atoms with van der Waals surface area (Å²) in [6.07, 6.45) is 6.48. The highest BCUT2D eigenvalue weighted by Crippen LogP contribution is 2.47. The van der Waals surface area contributed by atoms with Gasteiger partial charge in [0.2, 0.25) is 0 Å². The molecule has 1 N–H and O–H groups in total. The van der Waals surface area contributed by atoms with Crippen molar-refractivity contribution in [3.63, 3.8) is 0 Å². The predicted octanol–water partition coefficient (Wildman–Crippen LogP) is 3.84. The Bertz CT molecular complexity index is 1400. The summed E-state index contributed by atoms with van der Waals surface area (Å²) in [6.45, 7) is 2.62. The molecule has 1 saturated carbocycles. The third-order valence-electron chi connectivity index (χ3n) is 7.31. The van der Waals surface area contributed by atoms with Crippen molar-refractivity contribution < 1.29 is 13.6 Å². The van der Waals surface area contributed by atoms with Crippen molar-refractivity contribution in [1.29, 1.82) is 0 Å². The van der Waals surface area contributed by atoms with Gasteiger partial charge in [-0.05, 0) is 55.0 Å². The molecule has 4 aromatic rings. The highest BCUT2D eigenvalue weighted by molar-refractivity contribution is 5.98. The second kappa shape index (κ2) is 8.37. The van der Waals surface area contributed by atoms with Gasteiger partial charge in [0, 0.05) is 18.7 Å². The maximum atomic E-state index is 14.2. The van der Waals surface area contributed by atoms with Crippen LogP contribution in [0.15, 0.2) is 55.0 Å². The Hall–Kier alpha value is -3.95. The van der Waals surface area contributed by atoms with Crippen LogP contribution in [0, 0.1) is 23.5 Å². The van der Waals surface area contributed by atoms with E-state index in [1.807, 2.05) is 4.90 Å². The second-order valence-corrected chi connectivity index (χ2v) is 9.27. The van der Waals surface area contributed by atoms with Crippen LogP contribution in [0.1, 0.15) is 30.1 Å². The van der Waals surface area contributed by atoms with Crippen molar-refractivity contribution in [2.24, 2.45) is 11.8 Å². The Labute approximate surface area is 200 Å². The van der Waals surface area contributed by atoms with Crippen molar-refractivity contribution in [3.05, 3.63) is 72.2 Å². The minimum atomic E-state index is -0.488. The Morgan fingerprint density at radius 3 is 2.60 bits per heavy atom. The standard InChI is InChI=1S/C25H23F2N7O/c1-14-15-8-18(9-15)33(25(35)19-10-16(26)3-5-22(19)34-30-6-7-31-34)23(14)12-29-24-13-28-21-11-17(27)2-4-20(21)32-24/h2-7,10-11,13-15,18,23H,8-9,12H2,1H3,(H,29,32). The molecule has 2 atom stereocenters. The van der Waals surface area contributed by atoms with Gasteiger partial charge in [-0.3, -0.25) is 9.78 Å². The van der Waals surface area contributed by atoms with Crippen LogP contribution in [0.25, 0.3) is 16.7 Å².